The summed E-state index contributed by atoms with van der Waals surface area (Å²) < 4.78 is 0. The Bertz CT molecular complexity index is 542. The molecule has 1 unspecified atom stereocenters. The maximum absolute atomic E-state index is 4.52. The molecule has 2 heterocycles. The number of hydrogen-bond donors (Lipinski definition) is 1. The first-order valence-electron chi connectivity index (χ1n) is 9.72. The smallest absolute Gasteiger partial charge is 0.193 e. The molecule has 6 heteroatoms. The molecule has 2 aliphatic rings. The van der Waals surface area contributed by atoms with Crippen LogP contribution in [0.4, 0.5) is 0 Å². The Balaban J connectivity index is 0.00000243. The standard InChI is InChI=1S/C20H33N5.HI/c1-3-23-10-9-19(17-23)15-22-20(21-2)25-13-11-24(12-14-25)16-18-7-5-4-6-8-18;/h4-8,19H,3,9-17H2,1-2H3,(H,21,22);1H. The minimum atomic E-state index is 0. The van der Waals surface area contributed by atoms with Crippen molar-refractivity contribution >= 4 is 29.9 Å². The van der Waals surface area contributed by atoms with Crippen molar-refractivity contribution in [3.63, 3.8) is 0 Å². The Morgan fingerprint density at radius 2 is 1.81 bits per heavy atom. The lowest BCUT2D eigenvalue weighted by atomic mass is 10.1. The van der Waals surface area contributed by atoms with Gasteiger partial charge in [-0.25, -0.2) is 0 Å². The maximum atomic E-state index is 4.52. The number of guanidine groups is 1. The lowest BCUT2D eigenvalue weighted by molar-refractivity contribution is 0.172. The summed E-state index contributed by atoms with van der Waals surface area (Å²) in [7, 11) is 1.91. The molecular formula is C20H34IN5. The highest BCUT2D eigenvalue weighted by molar-refractivity contribution is 14.0. The van der Waals surface area contributed by atoms with E-state index in [-0.39, 0.29) is 24.0 Å². The van der Waals surface area contributed by atoms with E-state index in [0.29, 0.717) is 0 Å². The quantitative estimate of drug-likeness (QED) is 0.406. The summed E-state index contributed by atoms with van der Waals surface area (Å²) in [6.07, 6.45) is 1.31. The fourth-order valence-electron chi connectivity index (χ4n) is 3.89. The average Bonchev–Trinajstić information content (AvgIpc) is 3.12. The summed E-state index contributed by atoms with van der Waals surface area (Å²) in [6.45, 7) is 12.3. The molecule has 146 valence electrons. The predicted molar refractivity (Wildman–Crippen MR) is 120 cm³/mol. The molecule has 0 bridgehead atoms. The van der Waals surface area contributed by atoms with E-state index in [4.69, 9.17) is 0 Å². The van der Waals surface area contributed by atoms with Gasteiger partial charge >= 0.3 is 0 Å². The number of aliphatic imine (C=N–C) groups is 1. The van der Waals surface area contributed by atoms with Gasteiger partial charge in [-0.1, -0.05) is 37.3 Å². The zero-order valence-corrected chi connectivity index (χ0v) is 18.6. The third-order valence-electron chi connectivity index (χ3n) is 5.50. The molecule has 0 saturated carbocycles. The van der Waals surface area contributed by atoms with Gasteiger partial charge in [-0.2, -0.15) is 0 Å². The van der Waals surface area contributed by atoms with Gasteiger partial charge in [-0.3, -0.25) is 9.89 Å². The SMILES string of the molecule is CCN1CCC(CNC(=NC)N2CCN(Cc3ccccc3)CC2)C1.I. The van der Waals surface area contributed by atoms with Gasteiger partial charge in [0.05, 0.1) is 0 Å². The third-order valence-corrected chi connectivity index (χ3v) is 5.50. The van der Waals surface area contributed by atoms with E-state index in [2.05, 4.69) is 62.3 Å². The molecule has 2 aliphatic heterocycles. The van der Waals surface area contributed by atoms with Crippen LogP contribution in [0.2, 0.25) is 0 Å². The minimum absolute atomic E-state index is 0. The van der Waals surface area contributed by atoms with Gasteiger partial charge in [-0.05, 0) is 31.0 Å². The summed E-state index contributed by atoms with van der Waals surface area (Å²) >= 11 is 0. The van der Waals surface area contributed by atoms with Crippen molar-refractivity contribution in [3.8, 4) is 0 Å². The zero-order chi connectivity index (χ0) is 17.5. The van der Waals surface area contributed by atoms with E-state index in [1.54, 1.807) is 0 Å². The van der Waals surface area contributed by atoms with Gasteiger partial charge in [-0.15, -0.1) is 24.0 Å². The first-order chi connectivity index (χ1) is 12.3. The van der Waals surface area contributed by atoms with Crippen LogP contribution in [0.3, 0.4) is 0 Å². The van der Waals surface area contributed by atoms with E-state index < -0.39 is 0 Å². The lowest BCUT2D eigenvalue weighted by Crippen LogP contribution is -2.52. The summed E-state index contributed by atoms with van der Waals surface area (Å²) in [5.41, 5.74) is 1.40. The molecule has 5 nitrogen and oxygen atoms in total. The number of likely N-dealkylation sites (tertiary alicyclic amines) is 1. The van der Waals surface area contributed by atoms with Crippen LogP contribution in [-0.2, 0) is 6.54 Å². The van der Waals surface area contributed by atoms with Crippen LogP contribution >= 0.6 is 24.0 Å². The molecule has 1 aromatic rings. The van der Waals surface area contributed by atoms with Gasteiger partial charge < -0.3 is 15.1 Å². The van der Waals surface area contributed by atoms with Crippen LogP contribution in [0.1, 0.15) is 18.9 Å². The molecule has 3 rings (SSSR count). The van der Waals surface area contributed by atoms with E-state index in [0.717, 1.165) is 51.1 Å². The van der Waals surface area contributed by atoms with E-state index in [1.165, 1.54) is 31.6 Å². The van der Waals surface area contributed by atoms with Crippen molar-refractivity contribution in [2.75, 3.05) is 59.4 Å². The van der Waals surface area contributed by atoms with Crippen molar-refractivity contribution in [2.45, 2.75) is 19.9 Å². The molecule has 0 aliphatic carbocycles. The fraction of sp³-hybridized carbons (Fsp3) is 0.650. The minimum Gasteiger partial charge on any atom is -0.356 e. The van der Waals surface area contributed by atoms with E-state index in [9.17, 15) is 0 Å². The third kappa shape index (κ3) is 6.09. The van der Waals surface area contributed by atoms with E-state index in [1.807, 2.05) is 7.05 Å². The second-order valence-corrected chi connectivity index (χ2v) is 7.22. The molecule has 0 radical (unpaired) electrons. The summed E-state index contributed by atoms with van der Waals surface area (Å²) in [5, 5.41) is 3.62. The Morgan fingerprint density at radius 1 is 1.08 bits per heavy atom. The Morgan fingerprint density at radius 3 is 2.42 bits per heavy atom. The number of piperazine rings is 1. The highest BCUT2D eigenvalue weighted by Crippen LogP contribution is 2.15. The predicted octanol–water partition coefficient (Wildman–Crippen LogP) is 2.34. The van der Waals surface area contributed by atoms with Crippen LogP contribution in [0.15, 0.2) is 35.3 Å². The van der Waals surface area contributed by atoms with Gasteiger partial charge in [0, 0.05) is 52.9 Å². The highest BCUT2D eigenvalue weighted by atomic mass is 127. The summed E-state index contributed by atoms with van der Waals surface area (Å²) in [5.74, 6) is 1.84. The molecule has 26 heavy (non-hydrogen) atoms. The number of hydrogen-bond acceptors (Lipinski definition) is 3. The maximum Gasteiger partial charge on any atom is 0.193 e. The zero-order valence-electron chi connectivity index (χ0n) is 16.2. The van der Waals surface area contributed by atoms with Gasteiger partial charge in [0.1, 0.15) is 0 Å². The number of nitrogens with zero attached hydrogens (tertiary/aromatic N) is 4. The van der Waals surface area contributed by atoms with E-state index >= 15 is 0 Å². The Labute approximate surface area is 175 Å². The molecule has 2 saturated heterocycles. The Kier molecular flexibility index (Phi) is 9.15. The lowest BCUT2D eigenvalue weighted by Gasteiger charge is -2.36. The fourth-order valence-corrected chi connectivity index (χ4v) is 3.89. The summed E-state index contributed by atoms with van der Waals surface area (Å²) in [4.78, 5) is 12.0. The number of nitrogens with one attached hydrogen (secondary N) is 1. The van der Waals surface area contributed by atoms with Gasteiger partial charge in [0.2, 0.25) is 0 Å². The first kappa shape index (κ1) is 21.4. The van der Waals surface area contributed by atoms with Crippen LogP contribution in [0, 0.1) is 5.92 Å². The number of halogens is 1. The topological polar surface area (TPSA) is 34.1 Å². The number of rotatable bonds is 5. The van der Waals surface area contributed by atoms with Crippen LogP contribution in [0.25, 0.3) is 0 Å². The monoisotopic (exact) mass is 471 g/mol. The molecule has 1 aromatic carbocycles. The van der Waals surface area contributed by atoms with Crippen LogP contribution in [-0.4, -0.2) is 80.1 Å². The molecular weight excluding hydrogens is 437 g/mol. The largest absolute Gasteiger partial charge is 0.356 e. The van der Waals surface area contributed by atoms with Crippen LogP contribution < -0.4 is 5.32 Å². The number of benzene rings is 1. The first-order valence-corrected chi connectivity index (χ1v) is 9.72. The Hall–Kier alpha value is -0.860. The molecule has 0 aromatic heterocycles. The van der Waals surface area contributed by atoms with Crippen molar-refractivity contribution in [3.05, 3.63) is 35.9 Å². The molecule has 2 fully saturated rings. The molecule has 1 N–H and O–H groups in total. The van der Waals surface area contributed by atoms with Crippen LogP contribution in [0.5, 0.6) is 0 Å². The van der Waals surface area contributed by atoms with Gasteiger partial charge in [0.25, 0.3) is 0 Å². The molecule has 1 atom stereocenters. The highest BCUT2D eigenvalue weighted by Gasteiger charge is 2.23. The summed E-state index contributed by atoms with van der Waals surface area (Å²) in [6, 6.07) is 10.8. The average molecular weight is 471 g/mol. The van der Waals surface area contributed by atoms with Crippen molar-refractivity contribution < 1.29 is 0 Å². The van der Waals surface area contributed by atoms with Crippen molar-refractivity contribution in [1.29, 1.82) is 0 Å². The van der Waals surface area contributed by atoms with Crippen molar-refractivity contribution in [2.24, 2.45) is 10.9 Å². The second kappa shape index (κ2) is 11.1. The molecule has 0 spiro atoms. The second-order valence-electron chi connectivity index (χ2n) is 7.22. The molecule has 0 amide bonds. The van der Waals surface area contributed by atoms with Crippen molar-refractivity contribution in [1.82, 2.24) is 20.0 Å². The van der Waals surface area contributed by atoms with Gasteiger partial charge in [0.15, 0.2) is 5.96 Å². The normalized spacial score (nSPS) is 22.3.